The molecule has 0 spiro atoms. The van der Waals surface area contributed by atoms with E-state index in [4.69, 9.17) is 11.6 Å². The van der Waals surface area contributed by atoms with Crippen molar-refractivity contribution >= 4 is 40.2 Å². The van der Waals surface area contributed by atoms with Gasteiger partial charge >= 0.3 is 0 Å². The highest BCUT2D eigenvalue weighted by Gasteiger charge is 2.28. The zero-order valence-electron chi connectivity index (χ0n) is 19.2. The molecule has 0 saturated carbocycles. The smallest absolute Gasteiger partial charge is 0.258 e. The van der Waals surface area contributed by atoms with E-state index in [0.717, 1.165) is 47.8 Å². The first-order chi connectivity index (χ1) is 15.9. The monoisotopic (exact) mass is 460 g/mol. The van der Waals surface area contributed by atoms with Crippen molar-refractivity contribution in [3.05, 3.63) is 94.5 Å². The normalized spacial score (nSPS) is 14.4. The number of hydrogen-bond donors (Lipinski definition) is 2. The summed E-state index contributed by atoms with van der Waals surface area (Å²) in [6.07, 6.45) is 0. The summed E-state index contributed by atoms with van der Waals surface area (Å²) in [5.41, 5.74) is 6.07. The van der Waals surface area contributed by atoms with E-state index in [2.05, 4.69) is 65.8 Å². The third kappa shape index (κ3) is 5.63. The minimum atomic E-state index is -0.141. The zero-order valence-corrected chi connectivity index (χ0v) is 20.0. The second kappa shape index (κ2) is 10.2. The molecule has 3 aromatic carbocycles. The van der Waals surface area contributed by atoms with Crippen LogP contribution in [0.2, 0.25) is 5.02 Å². The van der Waals surface area contributed by atoms with E-state index in [9.17, 15) is 4.79 Å². The molecule has 0 atom stereocenters. The fourth-order valence-electron chi connectivity index (χ4n) is 3.88. The van der Waals surface area contributed by atoms with Crippen LogP contribution < -0.4 is 10.6 Å². The van der Waals surface area contributed by atoms with Crippen molar-refractivity contribution < 1.29 is 4.79 Å². The lowest BCUT2D eigenvalue weighted by Gasteiger charge is -2.20. The third-order valence-electron chi connectivity index (χ3n) is 5.64. The van der Waals surface area contributed by atoms with Gasteiger partial charge in [-0.2, -0.15) is 0 Å². The number of fused-ring (bicyclic) bond motifs is 1. The van der Waals surface area contributed by atoms with Gasteiger partial charge in [-0.25, -0.2) is 0 Å². The number of halogens is 1. The summed E-state index contributed by atoms with van der Waals surface area (Å²) in [7, 11) is 6.31. The van der Waals surface area contributed by atoms with Gasteiger partial charge in [-0.05, 0) is 56.5 Å². The molecule has 6 heteroatoms. The zero-order chi connectivity index (χ0) is 23.4. The average Bonchev–Trinajstić information content (AvgIpc) is 3.12. The van der Waals surface area contributed by atoms with Crippen LogP contribution in [0, 0.1) is 0 Å². The van der Waals surface area contributed by atoms with Crippen LogP contribution >= 0.6 is 11.6 Å². The van der Waals surface area contributed by atoms with Crippen LogP contribution in [-0.2, 0) is 11.3 Å². The van der Waals surface area contributed by atoms with E-state index in [1.807, 2.05) is 42.5 Å². The van der Waals surface area contributed by atoms with Crippen LogP contribution in [-0.4, -0.2) is 49.9 Å². The van der Waals surface area contributed by atoms with Gasteiger partial charge in [-0.15, -0.1) is 0 Å². The Morgan fingerprint density at radius 3 is 2.36 bits per heavy atom. The van der Waals surface area contributed by atoms with Gasteiger partial charge in [0.2, 0.25) is 0 Å². The van der Waals surface area contributed by atoms with Gasteiger partial charge in [0.25, 0.3) is 5.91 Å². The van der Waals surface area contributed by atoms with Gasteiger partial charge in [-0.3, -0.25) is 4.79 Å². The standard InChI is InChI=1S/C27H29ClN4O/c1-31(2)15-16-32(3)18-19-9-12-22(13-10-19)29-26(20-7-5-4-6-8-20)25-23-14-11-21(28)17-24(23)30-27(25)33/h4-14,17,29H,15-16,18H2,1-3H3,(H,30,33). The Morgan fingerprint density at radius 2 is 1.67 bits per heavy atom. The molecule has 1 amide bonds. The van der Waals surface area contributed by atoms with Crippen molar-refractivity contribution in [1.29, 1.82) is 0 Å². The summed E-state index contributed by atoms with van der Waals surface area (Å²) in [4.78, 5) is 17.5. The molecular formula is C27H29ClN4O. The van der Waals surface area contributed by atoms with Crippen molar-refractivity contribution in [2.45, 2.75) is 6.54 Å². The summed E-state index contributed by atoms with van der Waals surface area (Å²) >= 11 is 6.14. The molecule has 0 bridgehead atoms. The quantitative estimate of drug-likeness (QED) is 0.450. The Balaban J connectivity index is 1.62. The van der Waals surface area contributed by atoms with Crippen LogP contribution in [0.5, 0.6) is 0 Å². The number of benzene rings is 3. The molecule has 0 saturated heterocycles. The number of hydrogen-bond acceptors (Lipinski definition) is 4. The van der Waals surface area contributed by atoms with E-state index in [1.165, 1.54) is 5.56 Å². The number of anilines is 2. The van der Waals surface area contributed by atoms with E-state index >= 15 is 0 Å². The lowest BCUT2D eigenvalue weighted by Crippen LogP contribution is -2.28. The van der Waals surface area contributed by atoms with Crippen LogP contribution in [0.1, 0.15) is 16.7 Å². The number of amides is 1. The molecule has 1 aliphatic heterocycles. The molecule has 2 N–H and O–H groups in total. The van der Waals surface area contributed by atoms with Gasteiger partial charge in [0.15, 0.2) is 0 Å². The minimum Gasteiger partial charge on any atom is -0.354 e. The van der Waals surface area contributed by atoms with Gasteiger partial charge in [0.1, 0.15) is 0 Å². The van der Waals surface area contributed by atoms with E-state index < -0.39 is 0 Å². The van der Waals surface area contributed by atoms with Crippen molar-refractivity contribution in [3.8, 4) is 0 Å². The van der Waals surface area contributed by atoms with E-state index in [1.54, 1.807) is 6.07 Å². The summed E-state index contributed by atoms with van der Waals surface area (Å²) in [5, 5.41) is 7.05. The maximum atomic E-state index is 13.0. The highest BCUT2D eigenvalue weighted by atomic mass is 35.5. The van der Waals surface area contributed by atoms with Gasteiger partial charge < -0.3 is 20.4 Å². The molecule has 4 rings (SSSR count). The maximum Gasteiger partial charge on any atom is 0.258 e. The fourth-order valence-corrected chi connectivity index (χ4v) is 4.05. The first kappa shape index (κ1) is 23.1. The van der Waals surface area contributed by atoms with E-state index in [-0.39, 0.29) is 5.91 Å². The molecule has 0 aromatic heterocycles. The molecule has 3 aromatic rings. The maximum absolute atomic E-state index is 13.0. The molecule has 0 radical (unpaired) electrons. The summed E-state index contributed by atoms with van der Waals surface area (Å²) in [5.74, 6) is -0.141. The summed E-state index contributed by atoms with van der Waals surface area (Å²) < 4.78 is 0. The SMILES string of the molecule is CN(C)CCN(C)Cc1ccc(NC(=C2C(=O)Nc3cc(Cl)ccc32)c2ccccc2)cc1. The minimum absolute atomic E-state index is 0.141. The second-order valence-electron chi connectivity index (χ2n) is 8.62. The number of carbonyl (C=O) groups excluding carboxylic acids is 1. The number of nitrogens with zero attached hydrogens (tertiary/aromatic N) is 2. The number of carbonyl (C=O) groups is 1. The lowest BCUT2D eigenvalue weighted by atomic mass is 10.00. The van der Waals surface area contributed by atoms with Crippen LogP contribution in [0.3, 0.4) is 0 Å². The Morgan fingerprint density at radius 1 is 0.939 bits per heavy atom. The molecule has 170 valence electrons. The fraction of sp³-hybridized carbons (Fsp3) is 0.222. The summed E-state index contributed by atoms with van der Waals surface area (Å²) in [6.45, 7) is 2.92. The molecule has 33 heavy (non-hydrogen) atoms. The largest absolute Gasteiger partial charge is 0.354 e. The third-order valence-corrected chi connectivity index (χ3v) is 5.88. The highest BCUT2D eigenvalue weighted by Crippen LogP contribution is 2.38. The summed E-state index contributed by atoms with van der Waals surface area (Å²) in [6, 6.07) is 23.8. The molecular weight excluding hydrogens is 432 g/mol. The second-order valence-corrected chi connectivity index (χ2v) is 9.06. The van der Waals surface area contributed by atoms with Crippen molar-refractivity contribution in [2.75, 3.05) is 44.9 Å². The number of rotatable bonds is 8. The van der Waals surface area contributed by atoms with Crippen LogP contribution in [0.15, 0.2) is 72.8 Å². The predicted molar refractivity (Wildman–Crippen MR) is 138 cm³/mol. The first-order valence-corrected chi connectivity index (χ1v) is 11.4. The van der Waals surface area contributed by atoms with Crippen LogP contribution in [0.25, 0.3) is 11.3 Å². The number of nitrogens with one attached hydrogen (secondary N) is 2. The topological polar surface area (TPSA) is 47.6 Å². The average molecular weight is 461 g/mol. The van der Waals surface area contributed by atoms with Gasteiger partial charge in [0.05, 0.1) is 17.0 Å². The molecule has 0 aliphatic carbocycles. The Kier molecular flexibility index (Phi) is 7.14. The van der Waals surface area contributed by atoms with Gasteiger partial charge in [-0.1, -0.05) is 60.1 Å². The first-order valence-electron chi connectivity index (χ1n) is 11.0. The van der Waals surface area contributed by atoms with Crippen LogP contribution in [0.4, 0.5) is 11.4 Å². The Hall–Kier alpha value is -3.12. The lowest BCUT2D eigenvalue weighted by molar-refractivity contribution is -0.110. The molecule has 1 heterocycles. The molecule has 1 aliphatic rings. The van der Waals surface area contributed by atoms with Crippen molar-refractivity contribution in [2.24, 2.45) is 0 Å². The van der Waals surface area contributed by atoms with E-state index in [0.29, 0.717) is 10.6 Å². The molecule has 0 unspecified atom stereocenters. The highest BCUT2D eigenvalue weighted by molar-refractivity contribution is 6.38. The Labute approximate surface area is 200 Å². The van der Waals surface area contributed by atoms with Crippen molar-refractivity contribution in [1.82, 2.24) is 9.80 Å². The van der Waals surface area contributed by atoms with Gasteiger partial charge in [0, 0.05) is 35.9 Å². The van der Waals surface area contributed by atoms with Crippen molar-refractivity contribution in [3.63, 3.8) is 0 Å². The predicted octanol–water partition coefficient (Wildman–Crippen LogP) is 5.27. The number of likely N-dealkylation sites (N-methyl/N-ethyl adjacent to an activating group) is 2. The Bertz CT molecular complexity index is 1160. The molecule has 0 fully saturated rings. The molecule has 5 nitrogen and oxygen atoms in total.